The molecule has 0 atom stereocenters. The predicted molar refractivity (Wildman–Crippen MR) is 61.0 cm³/mol. The fraction of sp³-hybridized carbons (Fsp3) is 0.111. The van der Waals surface area contributed by atoms with Gasteiger partial charge in [-0.15, -0.1) is 0 Å². The smallest absolute Gasteiger partial charge is 0.190 e. The number of rotatable bonds is 2. The molecule has 2 aromatic rings. The standard InChI is InChI=1S/C9H9ClN4S/c1-14-9(12-5-13-14)15-8-4-6(10)2-3-7(8)11/h2-5H,11H2,1H3. The third-order valence-electron chi connectivity index (χ3n) is 1.85. The van der Waals surface area contributed by atoms with Crippen molar-refractivity contribution in [2.24, 2.45) is 7.05 Å². The molecule has 0 aliphatic rings. The van der Waals surface area contributed by atoms with E-state index in [0.29, 0.717) is 10.7 Å². The van der Waals surface area contributed by atoms with Gasteiger partial charge in [-0.3, -0.25) is 0 Å². The van der Waals surface area contributed by atoms with Gasteiger partial charge in [0.15, 0.2) is 5.16 Å². The van der Waals surface area contributed by atoms with Crippen molar-refractivity contribution in [3.05, 3.63) is 29.5 Å². The van der Waals surface area contributed by atoms with E-state index in [4.69, 9.17) is 17.3 Å². The van der Waals surface area contributed by atoms with Crippen LogP contribution >= 0.6 is 23.4 Å². The summed E-state index contributed by atoms with van der Waals surface area (Å²) in [6, 6.07) is 5.36. The molecule has 78 valence electrons. The number of aromatic nitrogens is 3. The maximum Gasteiger partial charge on any atom is 0.190 e. The summed E-state index contributed by atoms with van der Waals surface area (Å²) in [5.74, 6) is 0. The number of anilines is 1. The number of benzene rings is 1. The van der Waals surface area contributed by atoms with Gasteiger partial charge < -0.3 is 5.73 Å². The quantitative estimate of drug-likeness (QED) is 0.818. The molecule has 0 aliphatic carbocycles. The van der Waals surface area contributed by atoms with Crippen LogP contribution in [0.5, 0.6) is 0 Å². The van der Waals surface area contributed by atoms with Crippen molar-refractivity contribution in [2.75, 3.05) is 5.73 Å². The highest BCUT2D eigenvalue weighted by molar-refractivity contribution is 7.99. The zero-order valence-corrected chi connectivity index (χ0v) is 9.59. The van der Waals surface area contributed by atoms with Gasteiger partial charge in [-0.25, -0.2) is 9.67 Å². The van der Waals surface area contributed by atoms with Crippen LogP contribution in [0, 0.1) is 0 Å². The van der Waals surface area contributed by atoms with Crippen LogP contribution in [-0.4, -0.2) is 14.8 Å². The molecule has 0 saturated heterocycles. The summed E-state index contributed by atoms with van der Waals surface area (Å²) in [6.45, 7) is 0. The Hall–Kier alpha value is -1.20. The Labute approximate surface area is 96.4 Å². The zero-order valence-electron chi connectivity index (χ0n) is 8.01. The summed E-state index contributed by atoms with van der Waals surface area (Å²) in [5.41, 5.74) is 6.51. The average Bonchev–Trinajstić information content (AvgIpc) is 2.58. The van der Waals surface area contributed by atoms with Crippen LogP contribution in [0.1, 0.15) is 0 Å². The molecule has 0 amide bonds. The summed E-state index contributed by atoms with van der Waals surface area (Å²) in [5, 5.41) is 5.42. The van der Waals surface area contributed by atoms with E-state index in [0.717, 1.165) is 10.1 Å². The van der Waals surface area contributed by atoms with E-state index in [9.17, 15) is 0 Å². The van der Waals surface area contributed by atoms with Crippen LogP contribution in [0.25, 0.3) is 0 Å². The van der Waals surface area contributed by atoms with Gasteiger partial charge in [-0.2, -0.15) is 5.10 Å². The maximum absolute atomic E-state index is 5.89. The van der Waals surface area contributed by atoms with Crippen LogP contribution < -0.4 is 5.73 Å². The Morgan fingerprint density at radius 2 is 2.27 bits per heavy atom. The van der Waals surface area contributed by atoms with Crippen molar-refractivity contribution in [3.8, 4) is 0 Å². The minimum atomic E-state index is 0.661. The number of nitrogen functional groups attached to an aromatic ring is 1. The summed E-state index contributed by atoms with van der Waals surface area (Å²) in [7, 11) is 1.83. The molecule has 0 fully saturated rings. The van der Waals surface area contributed by atoms with Gasteiger partial charge in [-0.05, 0) is 30.0 Å². The zero-order chi connectivity index (χ0) is 10.8. The number of nitrogens with zero attached hydrogens (tertiary/aromatic N) is 3. The highest BCUT2D eigenvalue weighted by Gasteiger charge is 2.06. The number of nitrogens with two attached hydrogens (primary N) is 1. The molecule has 0 bridgehead atoms. The van der Waals surface area contributed by atoms with Gasteiger partial charge in [0.25, 0.3) is 0 Å². The largest absolute Gasteiger partial charge is 0.398 e. The predicted octanol–water partition coefficient (Wildman–Crippen LogP) is 2.20. The Morgan fingerprint density at radius 1 is 1.47 bits per heavy atom. The Balaban J connectivity index is 2.32. The first-order chi connectivity index (χ1) is 7.16. The van der Waals surface area contributed by atoms with Crippen LogP contribution in [0.15, 0.2) is 34.6 Å². The summed E-state index contributed by atoms with van der Waals surface area (Å²) >= 11 is 7.33. The van der Waals surface area contributed by atoms with E-state index < -0.39 is 0 Å². The molecule has 0 radical (unpaired) electrons. The van der Waals surface area contributed by atoms with Crippen molar-refractivity contribution >= 4 is 29.1 Å². The normalized spacial score (nSPS) is 10.5. The molecule has 0 aliphatic heterocycles. The second kappa shape index (κ2) is 4.12. The first-order valence-corrected chi connectivity index (χ1v) is 5.43. The summed E-state index contributed by atoms with van der Waals surface area (Å²) < 4.78 is 1.69. The molecular weight excluding hydrogens is 232 g/mol. The van der Waals surface area contributed by atoms with Gasteiger partial charge in [-0.1, -0.05) is 11.6 Å². The van der Waals surface area contributed by atoms with Gasteiger partial charge >= 0.3 is 0 Å². The van der Waals surface area contributed by atoms with E-state index in [-0.39, 0.29) is 0 Å². The van der Waals surface area contributed by atoms with Gasteiger partial charge in [0.1, 0.15) is 6.33 Å². The third-order valence-corrected chi connectivity index (χ3v) is 3.21. The van der Waals surface area contributed by atoms with Crippen molar-refractivity contribution in [1.29, 1.82) is 0 Å². The van der Waals surface area contributed by atoms with E-state index in [2.05, 4.69) is 10.1 Å². The van der Waals surface area contributed by atoms with Crippen molar-refractivity contribution < 1.29 is 0 Å². The lowest BCUT2D eigenvalue weighted by Gasteiger charge is -2.04. The molecule has 1 aromatic carbocycles. The van der Waals surface area contributed by atoms with Crippen LogP contribution in [0.3, 0.4) is 0 Å². The number of aryl methyl sites for hydroxylation is 1. The molecule has 4 nitrogen and oxygen atoms in total. The van der Waals surface area contributed by atoms with E-state index in [1.54, 1.807) is 16.8 Å². The van der Waals surface area contributed by atoms with E-state index >= 15 is 0 Å². The molecular formula is C9H9ClN4S. The van der Waals surface area contributed by atoms with Crippen molar-refractivity contribution in [2.45, 2.75) is 10.1 Å². The number of hydrogen-bond donors (Lipinski definition) is 1. The van der Waals surface area contributed by atoms with E-state index in [1.807, 2.05) is 13.1 Å². The fourth-order valence-corrected chi connectivity index (χ4v) is 2.16. The molecule has 0 unspecified atom stereocenters. The average molecular weight is 241 g/mol. The monoisotopic (exact) mass is 240 g/mol. The Bertz CT molecular complexity index is 483. The van der Waals surface area contributed by atoms with E-state index in [1.165, 1.54) is 18.1 Å². The van der Waals surface area contributed by atoms with Crippen LogP contribution in [0.4, 0.5) is 5.69 Å². The lowest BCUT2D eigenvalue weighted by atomic mass is 10.3. The number of hydrogen-bond acceptors (Lipinski definition) is 4. The Kier molecular flexibility index (Phi) is 2.83. The van der Waals surface area contributed by atoms with Crippen molar-refractivity contribution in [3.63, 3.8) is 0 Å². The molecule has 2 N–H and O–H groups in total. The topological polar surface area (TPSA) is 56.7 Å². The molecule has 6 heteroatoms. The second-order valence-corrected chi connectivity index (χ2v) is 4.40. The first kappa shape index (κ1) is 10.3. The maximum atomic E-state index is 5.89. The van der Waals surface area contributed by atoms with Crippen LogP contribution in [-0.2, 0) is 7.05 Å². The van der Waals surface area contributed by atoms with Crippen LogP contribution in [0.2, 0.25) is 5.02 Å². The SMILES string of the molecule is Cn1ncnc1Sc1cc(Cl)ccc1N. The summed E-state index contributed by atoms with van der Waals surface area (Å²) in [4.78, 5) is 4.99. The third kappa shape index (κ3) is 2.24. The minimum absolute atomic E-state index is 0.661. The minimum Gasteiger partial charge on any atom is -0.398 e. The molecule has 2 rings (SSSR count). The molecule has 0 saturated carbocycles. The molecule has 0 spiro atoms. The summed E-state index contributed by atoms with van der Waals surface area (Å²) in [6.07, 6.45) is 1.50. The van der Waals surface area contributed by atoms with Crippen molar-refractivity contribution in [1.82, 2.24) is 14.8 Å². The second-order valence-electron chi connectivity index (χ2n) is 2.95. The fourth-order valence-electron chi connectivity index (χ4n) is 1.07. The number of halogens is 1. The molecule has 1 aromatic heterocycles. The first-order valence-electron chi connectivity index (χ1n) is 4.23. The molecule has 1 heterocycles. The Morgan fingerprint density at radius 3 is 2.93 bits per heavy atom. The highest BCUT2D eigenvalue weighted by atomic mass is 35.5. The lowest BCUT2D eigenvalue weighted by Crippen LogP contribution is -1.94. The van der Waals surface area contributed by atoms with Gasteiger partial charge in [0, 0.05) is 22.7 Å². The highest BCUT2D eigenvalue weighted by Crippen LogP contribution is 2.32. The van der Waals surface area contributed by atoms with Gasteiger partial charge in [0.2, 0.25) is 0 Å². The molecule has 15 heavy (non-hydrogen) atoms. The lowest BCUT2D eigenvalue weighted by molar-refractivity contribution is 0.685. The van der Waals surface area contributed by atoms with Gasteiger partial charge in [0.05, 0.1) is 0 Å².